The summed E-state index contributed by atoms with van der Waals surface area (Å²) in [4.78, 5) is 36.0. The number of hydrogen-bond donors (Lipinski definition) is 3. The van der Waals surface area contributed by atoms with Crippen LogP contribution in [0.5, 0.6) is 0 Å². The standard InChI is InChI=1S/C23H22F2N2O5/c24-19(25)11-18(20(28)29)26-21(30)23(9-10-23)27-22(31)32-12-17-15-7-3-1-5-13(15)14-6-2-4-8-16(14)17/h1-8,17-19H,9-12H2,(H,26,30)(H,27,31)(H,28,29). The van der Waals surface area contributed by atoms with Crippen LogP contribution in [0.3, 0.4) is 0 Å². The van der Waals surface area contributed by atoms with E-state index in [1.165, 1.54) is 0 Å². The fourth-order valence-electron chi connectivity index (χ4n) is 4.06. The zero-order valence-corrected chi connectivity index (χ0v) is 17.0. The predicted molar refractivity (Wildman–Crippen MR) is 110 cm³/mol. The lowest BCUT2D eigenvalue weighted by Crippen LogP contribution is -2.53. The van der Waals surface area contributed by atoms with Gasteiger partial charge in [0, 0.05) is 12.3 Å². The average Bonchev–Trinajstić information content (AvgIpc) is 3.47. The number of carboxylic acids is 1. The highest BCUT2D eigenvalue weighted by Crippen LogP contribution is 2.44. The number of aliphatic carboxylic acids is 1. The van der Waals surface area contributed by atoms with Crippen LogP contribution in [0.2, 0.25) is 0 Å². The molecule has 0 aromatic heterocycles. The summed E-state index contributed by atoms with van der Waals surface area (Å²) in [5, 5.41) is 13.6. The number of benzene rings is 2. The number of nitrogens with one attached hydrogen (secondary N) is 2. The van der Waals surface area contributed by atoms with Crippen molar-refractivity contribution >= 4 is 18.0 Å². The Morgan fingerprint density at radius 1 is 1.03 bits per heavy atom. The molecule has 1 unspecified atom stereocenters. The number of amides is 2. The second kappa shape index (κ2) is 8.57. The van der Waals surface area contributed by atoms with Crippen LogP contribution in [0.15, 0.2) is 48.5 Å². The average molecular weight is 444 g/mol. The monoisotopic (exact) mass is 444 g/mol. The SMILES string of the molecule is O=C(NC1(C(=O)NC(CC(F)F)C(=O)O)CC1)OCC1c2ccccc2-c2ccccc21. The highest BCUT2D eigenvalue weighted by molar-refractivity contribution is 5.95. The Labute approximate surface area is 182 Å². The Balaban J connectivity index is 1.38. The molecule has 2 aromatic carbocycles. The number of alkyl halides is 2. The van der Waals surface area contributed by atoms with E-state index in [1.807, 2.05) is 48.5 Å². The third-order valence-electron chi connectivity index (χ3n) is 5.89. The summed E-state index contributed by atoms with van der Waals surface area (Å²) in [6.45, 7) is 0.0562. The first-order valence-corrected chi connectivity index (χ1v) is 10.3. The molecule has 0 heterocycles. The molecule has 0 saturated heterocycles. The maximum atomic E-state index is 12.6. The zero-order valence-electron chi connectivity index (χ0n) is 17.0. The lowest BCUT2D eigenvalue weighted by atomic mass is 9.98. The Kier molecular flexibility index (Phi) is 5.82. The van der Waals surface area contributed by atoms with E-state index in [0.717, 1.165) is 22.3 Å². The predicted octanol–water partition coefficient (Wildman–Crippen LogP) is 3.28. The van der Waals surface area contributed by atoms with Crippen LogP contribution in [-0.2, 0) is 14.3 Å². The Bertz CT molecular complexity index is 1010. The van der Waals surface area contributed by atoms with Gasteiger partial charge >= 0.3 is 12.1 Å². The molecule has 0 radical (unpaired) electrons. The first-order chi connectivity index (χ1) is 15.3. The number of carbonyl (C=O) groups excluding carboxylic acids is 2. The molecular weight excluding hydrogens is 422 g/mol. The largest absolute Gasteiger partial charge is 0.480 e. The number of carbonyl (C=O) groups is 3. The minimum absolute atomic E-state index is 0.0562. The van der Waals surface area contributed by atoms with Crippen molar-refractivity contribution in [1.82, 2.24) is 10.6 Å². The minimum atomic E-state index is -2.89. The summed E-state index contributed by atoms with van der Waals surface area (Å²) in [6.07, 6.45) is -4.18. The minimum Gasteiger partial charge on any atom is -0.480 e. The van der Waals surface area contributed by atoms with Gasteiger partial charge in [-0.05, 0) is 35.1 Å². The molecule has 2 amide bonds. The maximum absolute atomic E-state index is 12.6. The van der Waals surface area contributed by atoms with Gasteiger partial charge in [0.1, 0.15) is 18.2 Å². The van der Waals surface area contributed by atoms with Crippen molar-refractivity contribution in [2.75, 3.05) is 6.61 Å². The van der Waals surface area contributed by atoms with Crippen molar-refractivity contribution in [3.05, 3.63) is 59.7 Å². The summed E-state index contributed by atoms with van der Waals surface area (Å²) < 4.78 is 30.6. The lowest BCUT2D eigenvalue weighted by Gasteiger charge is -2.21. The number of carboxylic acid groups (broad SMARTS) is 1. The molecule has 9 heteroatoms. The molecule has 168 valence electrons. The number of halogens is 2. The molecule has 1 atom stereocenters. The van der Waals surface area contributed by atoms with Crippen LogP contribution < -0.4 is 10.6 Å². The molecule has 0 spiro atoms. The summed E-state index contributed by atoms with van der Waals surface area (Å²) in [7, 11) is 0. The normalized spacial score (nSPS) is 16.6. The third kappa shape index (κ3) is 4.28. The molecule has 1 saturated carbocycles. The summed E-state index contributed by atoms with van der Waals surface area (Å²) >= 11 is 0. The molecule has 2 aliphatic rings. The van der Waals surface area contributed by atoms with Crippen LogP contribution in [0.25, 0.3) is 11.1 Å². The van der Waals surface area contributed by atoms with Gasteiger partial charge in [0.15, 0.2) is 0 Å². The van der Waals surface area contributed by atoms with Crippen molar-refractivity contribution in [2.24, 2.45) is 0 Å². The fourth-order valence-corrected chi connectivity index (χ4v) is 4.06. The van der Waals surface area contributed by atoms with Gasteiger partial charge in [-0.2, -0.15) is 0 Å². The van der Waals surface area contributed by atoms with Gasteiger partial charge in [-0.1, -0.05) is 48.5 Å². The molecule has 2 aliphatic carbocycles. The van der Waals surface area contributed by atoms with E-state index in [0.29, 0.717) is 0 Å². The Morgan fingerprint density at radius 3 is 2.09 bits per heavy atom. The van der Waals surface area contributed by atoms with Crippen molar-refractivity contribution in [2.45, 2.75) is 43.2 Å². The van der Waals surface area contributed by atoms with Gasteiger partial charge in [-0.15, -0.1) is 0 Å². The molecule has 1 fully saturated rings. The molecule has 3 N–H and O–H groups in total. The van der Waals surface area contributed by atoms with E-state index in [4.69, 9.17) is 9.84 Å². The van der Waals surface area contributed by atoms with Gasteiger partial charge in [0.25, 0.3) is 0 Å². The van der Waals surface area contributed by atoms with Gasteiger partial charge in [-0.25, -0.2) is 18.4 Å². The number of fused-ring (bicyclic) bond motifs is 3. The molecule has 4 rings (SSSR count). The highest BCUT2D eigenvalue weighted by atomic mass is 19.3. The van der Waals surface area contributed by atoms with E-state index in [-0.39, 0.29) is 25.4 Å². The first kappa shape index (κ1) is 21.7. The summed E-state index contributed by atoms with van der Waals surface area (Å²) in [5.74, 6) is -2.52. The van der Waals surface area contributed by atoms with Crippen LogP contribution >= 0.6 is 0 Å². The quantitative estimate of drug-likeness (QED) is 0.580. The zero-order chi connectivity index (χ0) is 22.9. The second-order valence-electron chi connectivity index (χ2n) is 8.02. The lowest BCUT2D eigenvalue weighted by molar-refractivity contribution is -0.143. The van der Waals surface area contributed by atoms with Gasteiger partial charge in [0.05, 0.1) is 0 Å². The van der Waals surface area contributed by atoms with Gasteiger partial charge in [-0.3, -0.25) is 4.79 Å². The molecule has 2 aromatic rings. The van der Waals surface area contributed by atoms with Crippen molar-refractivity contribution in [1.29, 1.82) is 0 Å². The van der Waals surface area contributed by atoms with Crippen LogP contribution in [0.4, 0.5) is 13.6 Å². The number of ether oxygens (including phenoxy) is 1. The summed E-state index contributed by atoms with van der Waals surface area (Å²) in [5.41, 5.74) is 2.90. The van der Waals surface area contributed by atoms with Crippen molar-refractivity contribution in [3.63, 3.8) is 0 Å². The van der Waals surface area contributed by atoms with E-state index in [1.54, 1.807) is 0 Å². The first-order valence-electron chi connectivity index (χ1n) is 10.3. The third-order valence-corrected chi connectivity index (χ3v) is 5.89. The second-order valence-corrected chi connectivity index (χ2v) is 8.02. The molecule has 7 nitrogen and oxygen atoms in total. The summed E-state index contributed by atoms with van der Waals surface area (Å²) in [6, 6.07) is 14.0. The van der Waals surface area contributed by atoms with E-state index < -0.39 is 42.4 Å². The van der Waals surface area contributed by atoms with Crippen LogP contribution in [0.1, 0.15) is 36.3 Å². The Hall–Kier alpha value is -3.49. The van der Waals surface area contributed by atoms with Crippen LogP contribution in [0, 0.1) is 0 Å². The van der Waals surface area contributed by atoms with Crippen molar-refractivity contribution < 1.29 is 33.0 Å². The number of hydrogen-bond acceptors (Lipinski definition) is 4. The van der Waals surface area contributed by atoms with E-state index in [2.05, 4.69) is 10.6 Å². The smallest absolute Gasteiger partial charge is 0.408 e. The van der Waals surface area contributed by atoms with E-state index in [9.17, 15) is 23.2 Å². The number of alkyl carbamates (subject to hydrolysis) is 1. The Morgan fingerprint density at radius 2 is 1.59 bits per heavy atom. The van der Waals surface area contributed by atoms with E-state index >= 15 is 0 Å². The molecular formula is C23H22F2N2O5. The topological polar surface area (TPSA) is 105 Å². The van der Waals surface area contributed by atoms with Crippen molar-refractivity contribution in [3.8, 4) is 11.1 Å². The van der Waals surface area contributed by atoms with Crippen LogP contribution in [-0.4, -0.2) is 47.7 Å². The molecule has 32 heavy (non-hydrogen) atoms. The van der Waals surface area contributed by atoms with Gasteiger partial charge < -0.3 is 20.5 Å². The number of rotatable bonds is 8. The fraction of sp³-hybridized carbons (Fsp3) is 0.348. The van der Waals surface area contributed by atoms with Gasteiger partial charge in [0.2, 0.25) is 12.3 Å². The highest BCUT2D eigenvalue weighted by Gasteiger charge is 2.52. The molecule has 0 aliphatic heterocycles. The maximum Gasteiger partial charge on any atom is 0.408 e. The molecule has 0 bridgehead atoms.